The van der Waals surface area contributed by atoms with E-state index in [0.717, 1.165) is 11.5 Å². The van der Waals surface area contributed by atoms with Gasteiger partial charge in [-0.25, -0.2) is 8.42 Å². The molecule has 1 heterocycles. The maximum Gasteiger partial charge on any atom is 0.184 e. The molecule has 0 aromatic carbocycles. The Morgan fingerprint density at radius 2 is 2.17 bits per heavy atom. The number of nitrogens with zero attached hydrogens (tertiary/aromatic N) is 1. The fourth-order valence-electron chi connectivity index (χ4n) is 1.39. The van der Waals surface area contributed by atoms with Crippen molar-refractivity contribution in [2.45, 2.75) is 31.7 Å². The highest BCUT2D eigenvalue weighted by atomic mass is 32.2. The van der Waals surface area contributed by atoms with Crippen molar-refractivity contribution in [3.8, 4) is 0 Å². The molecule has 8 heteroatoms. The van der Waals surface area contributed by atoms with Crippen LogP contribution >= 0.6 is 11.5 Å². The third kappa shape index (κ3) is 3.56. The summed E-state index contributed by atoms with van der Waals surface area (Å²) in [4.78, 5) is 0.110. The van der Waals surface area contributed by atoms with Crippen LogP contribution in [0.25, 0.3) is 0 Å². The second kappa shape index (κ2) is 6.35. The second-order valence-corrected chi connectivity index (χ2v) is 6.82. The summed E-state index contributed by atoms with van der Waals surface area (Å²) in [6.07, 6.45) is 0. The minimum Gasteiger partial charge on any atom is -0.382 e. The molecule has 1 rings (SSSR count). The number of nitrogens with two attached hydrogens (primary N) is 1. The number of rotatable bonds is 7. The molecular formula is C10H19N3O3S2. The lowest BCUT2D eigenvalue weighted by atomic mass is 10.3. The smallest absolute Gasteiger partial charge is 0.184 e. The van der Waals surface area contributed by atoms with Crippen molar-refractivity contribution in [2.75, 3.05) is 30.0 Å². The van der Waals surface area contributed by atoms with Crippen LogP contribution in [0.3, 0.4) is 0 Å². The highest BCUT2D eigenvalue weighted by Crippen LogP contribution is 2.32. The highest BCUT2D eigenvalue weighted by molar-refractivity contribution is 7.91. The van der Waals surface area contributed by atoms with E-state index in [9.17, 15) is 8.42 Å². The van der Waals surface area contributed by atoms with Gasteiger partial charge < -0.3 is 15.8 Å². The van der Waals surface area contributed by atoms with Gasteiger partial charge in [0.1, 0.15) is 9.90 Å². The molecule has 0 saturated heterocycles. The molecule has 0 amide bonds. The van der Waals surface area contributed by atoms with E-state index in [1.54, 1.807) is 6.92 Å². The first-order valence-electron chi connectivity index (χ1n) is 5.74. The van der Waals surface area contributed by atoms with E-state index in [4.69, 9.17) is 10.5 Å². The van der Waals surface area contributed by atoms with E-state index in [-0.39, 0.29) is 22.5 Å². The lowest BCUT2D eigenvalue weighted by Crippen LogP contribution is -2.22. The Balaban J connectivity index is 2.91. The Morgan fingerprint density at radius 1 is 1.50 bits per heavy atom. The van der Waals surface area contributed by atoms with Gasteiger partial charge in [0.15, 0.2) is 15.7 Å². The minimum absolute atomic E-state index is 0.00407. The molecule has 3 N–H and O–H groups in total. The summed E-state index contributed by atoms with van der Waals surface area (Å²) in [6.45, 7) is 6.52. The van der Waals surface area contributed by atoms with Gasteiger partial charge in [-0.15, -0.1) is 0 Å². The molecule has 0 aliphatic heterocycles. The molecule has 0 saturated carbocycles. The van der Waals surface area contributed by atoms with Gasteiger partial charge in [-0.1, -0.05) is 6.92 Å². The number of hydrogen-bond acceptors (Lipinski definition) is 7. The Labute approximate surface area is 112 Å². The zero-order valence-corrected chi connectivity index (χ0v) is 12.4. The fourth-order valence-corrected chi connectivity index (χ4v) is 3.66. The number of nitrogen functional groups attached to an aromatic ring is 1. The number of anilines is 2. The van der Waals surface area contributed by atoms with E-state index < -0.39 is 9.84 Å². The van der Waals surface area contributed by atoms with Gasteiger partial charge in [0.2, 0.25) is 0 Å². The van der Waals surface area contributed by atoms with Crippen LogP contribution < -0.4 is 11.1 Å². The third-order valence-corrected chi connectivity index (χ3v) is 5.03. The quantitative estimate of drug-likeness (QED) is 0.788. The lowest BCUT2D eigenvalue weighted by molar-refractivity contribution is 0.141. The highest BCUT2D eigenvalue weighted by Gasteiger charge is 2.24. The maximum absolute atomic E-state index is 11.9. The fraction of sp³-hybridized carbons (Fsp3) is 0.700. The molecule has 1 aromatic heterocycles. The lowest BCUT2D eigenvalue weighted by Gasteiger charge is -2.14. The monoisotopic (exact) mass is 293 g/mol. The average Bonchev–Trinajstić information content (AvgIpc) is 2.68. The zero-order chi connectivity index (χ0) is 13.8. The molecule has 18 heavy (non-hydrogen) atoms. The summed E-state index contributed by atoms with van der Waals surface area (Å²) in [5.41, 5.74) is 5.63. The van der Waals surface area contributed by atoms with Gasteiger partial charge >= 0.3 is 0 Å². The number of aromatic nitrogens is 1. The normalized spacial score (nSPS) is 13.5. The van der Waals surface area contributed by atoms with E-state index in [2.05, 4.69) is 9.69 Å². The number of ether oxygens (including phenoxy) is 1. The SMILES string of the molecule is CCOCC(C)Nc1snc(N)c1S(=O)(=O)CC. The Hall–Kier alpha value is -0.860. The van der Waals surface area contributed by atoms with E-state index in [1.165, 1.54) is 0 Å². The number of sulfone groups is 1. The van der Waals surface area contributed by atoms with E-state index >= 15 is 0 Å². The Kier molecular flexibility index (Phi) is 5.36. The van der Waals surface area contributed by atoms with Crippen molar-refractivity contribution in [3.05, 3.63) is 0 Å². The van der Waals surface area contributed by atoms with Crippen LogP contribution in [0.1, 0.15) is 20.8 Å². The summed E-state index contributed by atoms with van der Waals surface area (Å²) in [7, 11) is -3.36. The summed E-state index contributed by atoms with van der Waals surface area (Å²) >= 11 is 1.06. The first-order valence-corrected chi connectivity index (χ1v) is 8.17. The standard InChI is InChI=1S/C10H19N3O3S2/c1-4-16-6-7(3)12-10-8(9(11)13-17-10)18(14,15)5-2/h7,12H,4-6H2,1-3H3,(H2,11,13). The topological polar surface area (TPSA) is 94.3 Å². The minimum atomic E-state index is -3.36. The van der Waals surface area contributed by atoms with Gasteiger partial charge in [-0.2, -0.15) is 4.37 Å². The first kappa shape index (κ1) is 15.2. The van der Waals surface area contributed by atoms with Gasteiger partial charge in [0, 0.05) is 12.6 Å². The van der Waals surface area contributed by atoms with Crippen LogP contribution in [0.4, 0.5) is 10.8 Å². The van der Waals surface area contributed by atoms with Crippen molar-refractivity contribution in [3.63, 3.8) is 0 Å². The summed E-state index contributed by atoms with van der Waals surface area (Å²) in [6, 6.07) is -0.00407. The van der Waals surface area contributed by atoms with E-state index in [0.29, 0.717) is 18.2 Å². The molecule has 6 nitrogen and oxygen atoms in total. The van der Waals surface area contributed by atoms with Crippen molar-refractivity contribution < 1.29 is 13.2 Å². The van der Waals surface area contributed by atoms with Crippen LogP contribution in [0, 0.1) is 0 Å². The van der Waals surface area contributed by atoms with Crippen molar-refractivity contribution in [1.29, 1.82) is 0 Å². The van der Waals surface area contributed by atoms with Crippen molar-refractivity contribution >= 4 is 32.2 Å². The van der Waals surface area contributed by atoms with Crippen LogP contribution in [0.15, 0.2) is 4.90 Å². The van der Waals surface area contributed by atoms with Gasteiger partial charge in [-0.05, 0) is 25.4 Å². The molecule has 0 spiro atoms. The zero-order valence-electron chi connectivity index (χ0n) is 10.8. The Morgan fingerprint density at radius 3 is 2.72 bits per heavy atom. The molecule has 0 aliphatic carbocycles. The predicted molar refractivity (Wildman–Crippen MR) is 73.8 cm³/mol. The summed E-state index contributed by atoms with van der Waals surface area (Å²) < 4.78 is 33.0. The molecule has 0 aliphatic rings. The molecule has 0 bridgehead atoms. The van der Waals surface area contributed by atoms with Gasteiger partial charge in [0.05, 0.1) is 12.4 Å². The summed E-state index contributed by atoms with van der Waals surface area (Å²) in [5, 5.41) is 3.57. The number of hydrogen-bond donors (Lipinski definition) is 2. The van der Waals surface area contributed by atoms with Gasteiger partial charge in [-0.3, -0.25) is 0 Å². The van der Waals surface area contributed by atoms with Crippen LogP contribution in [0.5, 0.6) is 0 Å². The van der Waals surface area contributed by atoms with Gasteiger partial charge in [0.25, 0.3) is 0 Å². The summed E-state index contributed by atoms with van der Waals surface area (Å²) in [5.74, 6) is 0.0670. The molecule has 1 aromatic rings. The van der Waals surface area contributed by atoms with Crippen LogP contribution in [-0.2, 0) is 14.6 Å². The molecule has 104 valence electrons. The molecule has 0 fully saturated rings. The predicted octanol–water partition coefficient (Wildman–Crippen LogP) is 1.36. The average molecular weight is 293 g/mol. The Bertz CT molecular complexity index is 485. The van der Waals surface area contributed by atoms with Crippen molar-refractivity contribution in [1.82, 2.24) is 4.37 Å². The van der Waals surface area contributed by atoms with Crippen LogP contribution in [-0.4, -0.2) is 37.8 Å². The molecule has 1 unspecified atom stereocenters. The van der Waals surface area contributed by atoms with Crippen LogP contribution in [0.2, 0.25) is 0 Å². The largest absolute Gasteiger partial charge is 0.382 e. The van der Waals surface area contributed by atoms with E-state index in [1.807, 2.05) is 13.8 Å². The molecular weight excluding hydrogens is 274 g/mol. The number of nitrogens with one attached hydrogen (secondary N) is 1. The molecule has 1 atom stereocenters. The third-order valence-electron chi connectivity index (χ3n) is 2.31. The second-order valence-electron chi connectivity index (χ2n) is 3.83. The van der Waals surface area contributed by atoms with Crippen molar-refractivity contribution in [2.24, 2.45) is 0 Å². The molecule has 0 radical (unpaired) electrons. The maximum atomic E-state index is 11.9. The first-order chi connectivity index (χ1) is 8.42.